The molecule has 1 amide bonds. The summed E-state index contributed by atoms with van der Waals surface area (Å²) in [4.78, 5) is 23.9. The molecule has 0 radical (unpaired) electrons. The molecule has 0 bridgehead atoms. The molecule has 0 saturated carbocycles. The number of rotatable bonds is 8. The number of aromatic nitrogens is 1. The molecule has 0 aliphatic rings. The van der Waals surface area contributed by atoms with Crippen molar-refractivity contribution in [2.24, 2.45) is 7.05 Å². The van der Waals surface area contributed by atoms with E-state index < -0.39 is 11.9 Å². The van der Waals surface area contributed by atoms with Crippen LogP contribution >= 0.6 is 0 Å². The summed E-state index contributed by atoms with van der Waals surface area (Å²) in [5.41, 5.74) is 0.916. The van der Waals surface area contributed by atoms with Gasteiger partial charge in [0, 0.05) is 25.0 Å². The summed E-state index contributed by atoms with van der Waals surface area (Å²) in [6.07, 6.45) is 1.73. The number of hydrogen-bond donors (Lipinski definition) is 1. The van der Waals surface area contributed by atoms with Gasteiger partial charge < -0.3 is 24.1 Å². The first kappa shape index (κ1) is 18.4. The largest absolute Gasteiger partial charge is 0.490 e. The van der Waals surface area contributed by atoms with Crippen molar-refractivity contribution in [3.63, 3.8) is 0 Å². The summed E-state index contributed by atoms with van der Waals surface area (Å²) in [6, 6.07) is 8.45. The summed E-state index contributed by atoms with van der Waals surface area (Å²) < 4.78 is 17.6. The second-order valence-electron chi connectivity index (χ2n) is 5.16. The van der Waals surface area contributed by atoms with Gasteiger partial charge in [-0.25, -0.2) is 4.79 Å². The number of anilines is 1. The molecule has 0 atom stereocenters. The smallest absolute Gasteiger partial charge is 0.355 e. The Hall–Kier alpha value is -2.96. The van der Waals surface area contributed by atoms with E-state index in [0.29, 0.717) is 36.1 Å². The van der Waals surface area contributed by atoms with Crippen molar-refractivity contribution in [3.05, 3.63) is 42.2 Å². The lowest BCUT2D eigenvalue weighted by Crippen LogP contribution is -2.21. The average Bonchev–Trinajstić information content (AvgIpc) is 3.01. The minimum absolute atomic E-state index is 0.374. The molecular formula is C18H22N2O5. The molecule has 1 heterocycles. The average molecular weight is 346 g/mol. The van der Waals surface area contributed by atoms with E-state index in [2.05, 4.69) is 5.32 Å². The van der Waals surface area contributed by atoms with Crippen molar-refractivity contribution in [2.75, 3.05) is 25.1 Å². The number of amides is 1. The van der Waals surface area contributed by atoms with Crippen LogP contribution in [0.3, 0.4) is 0 Å². The number of benzene rings is 1. The van der Waals surface area contributed by atoms with Gasteiger partial charge in [-0.15, -0.1) is 0 Å². The third kappa shape index (κ3) is 5.00. The molecule has 0 unspecified atom stereocenters. The standard InChI is InChI=1S/C18H22N2O5/c1-4-23-15-9-8-13(11-16(15)24-5-2)19-17(21)12-25-18(22)14-7-6-10-20(14)3/h6-11H,4-5,12H2,1-3H3,(H,19,21). The normalized spacial score (nSPS) is 10.2. The maximum absolute atomic E-state index is 12.0. The number of ether oxygens (including phenoxy) is 3. The molecular weight excluding hydrogens is 324 g/mol. The number of carbonyl (C=O) groups excluding carboxylic acids is 2. The van der Waals surface area contributed by atoms with Crippen LogP contribution in [-0.4, -0.2) is 36.3 Å². The lowest BCUT2D eigenvalue weighted by molar-refractivity contribution is -0.119. The van der Waals surface area contributed by atoms with E-state index in [1.165, 1.54) is 0 Å². The highest BCUT2D eigenvalue weighted by Crippen LogP contribution is 2.30. The van der Waals surface area contributed by atoms with Crippen molar-refractivity contribution < 1.29 is 23.8 Å². The predicted molar refractivity (Wildman–Crippen MR) is 93.1 cm³/mol. The summed E-state index contributed by atoms with van der Waals surface area (Å²) in [7, 11) is 1.73. The Kier molecular flexibility index (Phi) is 6.45. The molecule has 7 heteroatoms. The predicted octanol–water partition coefficient (Wildman–Crippen LogP) is 2.62. The Morgan fingerprint density at radius 3 is 2.44 bits per heavy atom. The van der Waals surface area contributed by atoms with Crippen LogP contribution in [0.5, 0.6) is 11.5 Å². The van der Waals surface area contributed by atoms with Gasteiger partial charge in [-0.05, 0) is 38.1 Å². The number of nitrogens with zero attached hydrogens (tertiary/aromatic N) is 1. The fourth-order valence-corrected chi connectivity index (χ4v) is 2.20. The molecule has 1 aromatic carbocycles. The molecule has 7 nitrogen and oxygen atoms in total. The van der Waals surface area contributed by atoms with E-state index >= 15 is 0 Å². The Morgan fingerprint density at radius 1 is 1.08 bits per heavy atom. The summed E-state index contributed by atoms with van der Waals surface area (Å²) in [5, 5.41) is 2.67. The quantitative estimate of drug-likeness (QED) is 0.743. The van der Waals surface area contributed by atoms with Crippen molar-refractivity contribution in [1.29, 1.82) is 0 Å². The van der Waals surface area contributed by atoms with Crippen LogP contribution in [0.15, 0.2) is 36.5 Å². The first-order chi connectivity index (χ1) is 12.0. The Labute approximate surface area is 146 Å². The second-order valence-corrected chi connectivity index (χ2v) is 5.16. The molecule has 2 rings (SSSR count). The summed E-state index contributed by atoms with van der Waals surface area (Å²) in [5.74, 6) is 0.166. The van der Waals surface area contributed by atoms with Gasteiger partial charge in [0.05, 0.1) is 13.2 Å². The van der Waals surface area contributed by atoms with Crippen LogP contribution < -0.4 is 14.8 Å². The molecule has 0 spiro atoms. The lowest BCUT2D eigenvalue weighted by Gasteiger charge is -2.13. The van der Waals surface area contributed by atoms with Gasteiger partial charge in [-0.3, -0.25) is 4.79 Å². The molecule has 1 N–H and O–H groups in total. The highest BCUT2D eigenvalue weighted by Gasteiger charge is 2.13. The maximum atomic E-state index is 12.0. The molecule has 1 aromatic heterocycles. The first-order valence-electron chi connectivity index (χ1n) is 8.03. The number of aryl methyl sites for hydroxylation is 1. The number of nitrogens with one attached hydrogen (secondary N) is 1. The van der Waals surface area contributed by atoms with E-state index in [0.717, 1.165) is 0 Å². The first-order valence-corrected chi connectivity index (χ1v) is 8.03. The fourth-order valence-electron chi connectivity index (χ4n) is 2.20. The molecule has 0 aliphatic heterocycles. The lowest BCUT2D eigenvalue weighted by atomic mass is 10.2. The van der Waals surface area contributed by atoms with Gasteiger partial charge in [-0.2, -0.15) is 0 Å². The molecule has 134 valence electrons. The van der Waals surface area contributed by atoms with Crippen molar-refractivity contribution in [2.45, 2.75) is 13.8 Å². The highest BCUT2D eigenvalue weighted by molar-refractivity contribution is 5.95. The summed E-state index contributed by atoms with van der Waals surface area (Å²) in [6.45, 7) is 4.37. The third-order valence-electron chi connectivity index (χ3n) is 3.31. The SMILES string of the molecule is CCOc1ccc(NC(=O)COC(=O)c2cccn2C)cc1OCC. The molecule has 25 heavy (non-hydrogen) atoms. The maximum Gasteiger partial charge on any atom is 0.355 e. The Bertz CT molecular complexity index is 739. The van der Waals surface area contributed by atoms with Gasteiger partial charge in [0.15, 0.2) is 18.1 Å². The van der Waals surface area contributed by atoms with E-state index in [9.17, 15) is 9.59 Å². The summed E-state index contributed by atoms with van der Waals surface area (Å²) >= 11 is 0. The minimum atomic E-state index is -0.552. The topological polar surface area (TPSA) is 78.8 Å². The fraction of sp³-hybridized carbons (Fsp3) is 0.333. The Morgan fingerprint density at radius 2 is 1.80 bits per heavy atom. The zero-order chi connectivity index (χ0) is 18.2. The van der Waals surface area contributed by atoms with Crippen LogP contribution in [-0.2, 0) is 16.6 Å². The van der Waals surface area contributed by atoms with Gasteiger partial charge in [0.25, 0.3) is 5.91 Å². The molecule has 0 saturated heterocycles. The van der Waals surface area contributed by atoms with Crippen LogP contribution in [0.1, 0.15) is 24.3 Å². The van der Waals surface area contributed by atoms with E-state index in [1.54, 1.807) is 48.1 Å². The van der Waals surface area contributed by atoms with Gasteiger partial charge in [0.1, 0.15) is 5.69 Å². The molecule has 0 aliphatic carbocycles. The van der Waals surface area contributed by atoms with Crippen LogP contribution in [0, 0.1) is 0 Å². The third-order valence-corrected chi connectivity index (χ3v) is 3.31. The van der Waals surface area contributed by atoms with Gasteiger partial charge >= 0.3 is 5.97 Å². The molecule has 0 fully saturated rings. The zero-order valence-corrected chi connectivity index (χ0v) is 14.6. The Balaban J connectivity index is 1.94. The van der Waals surface area contributed by atoms with Crippen molar-refractivity contribution >= 4 is 17.6 Å². The van der Waals surface area contributed by atoms with E-state index in [4.69, 9.17) is 14.2 Å². The zero-order valence-electron chi connectivity index (χ0n) is 14.6. The van der Waals surface area contributed by atoms with Crippen LogP contribution in [0.4, 0.5) is 5.69 Å². The van der Waals surface area contributed by atoms with E-state index in [1.807, 2.05) is 13.8 Å². The number of carbonyl (C=O) groups is 2. The van der Waals surface area contributed by atoms with Gasteiger partial charge in [-0.1, -0.05) is 0 Å². The number of esters is 1. The van der Waals surface area contributed by atoms with E-state index in [-0.39, 0.29) is 6.61 Å². The van der Waals surface area contributed by atoms with Gasteiger partial charge in [0.2, 0.25) is 0 Å². The minimum Gasteiger partial charge on any atom is -0.490 e. The van der Waals surface area contributed by atoms with Crippen LogP contribution in [0.25, 0.3) is 0 Å². The van der Waals surface area contributed by atoms with Crippen molar-refractivity contribution in [3.8, 4) is 11.5 Å². The second kappa shape index (κ2) is 8.77. The monoisotopic (exact) mass is 346 g/mol. The highest BCUT2D eigenvalue weighted by atomic mass is 16.5. The number of hydrogen-bond acceptors (Lipinski definition) is 5. The molecule has 2 aromatic rings. The van der Waals surface area contributed by atoms with Crippen LogP contribution in [0.2, 0.25) is 0 Å². The van der Waals surface area contributed by atoms with Crippen molar-refractivity contribution in [1.82, 2.24) is 4.57 Å².